The molecule has 10 rings (SSSR count). The van der Waals surface area contributed by atoms with Crippen LogP contribution in [0, 0.1) is 18.8 Å². The van der Waals surface area contributed by atoms with Crippen LogP contribution in [-0.2, 0) is 31.9 Å². The molecule has 64 heavy (non-hydrogen) atoms. The maximum Gasteiger partial charge on any atom is 0.197 e. The molecule has 6 aromatic carbocycles. The van der Waals surface area contributed by atoms with Crippen LogP contribution in [0.1, 0.15) is 52.7 Å². The molecule has 4 heterocycles. The van der Waals surface area contributed by atoms with Gasteiger partial charge < -0.3 is 14.4 Å². The van der Waals surface area contributed by atoms with E-state index in [0.29, 0.717) is 0 Å². The Bertz CT molecular complexity index is 3140. The number of anilines is 1. The average Bonchev–Trinajstić information content (AvgIpc) is 4.01. The molecule has 6 nitrogen and oxygen atoms in total. The third-order valence-corrected chi connectivity index (χ3v) is 12.2. The molecular formula is C56H50BN6Pt-3. The van der Waals surface area contributed by atoms with E-state index < -0.39 is 0 Å². The molecule has 0 aliphatic carbocycles. The third-order valence-electron chi connectivity index (χ3n) is 12.2. The van der Waals surface area contributed by atoms with Gasteiger partial charge in [0.15, 0.2) is 6.71 Å². The Morgan fingerprint density at radius 1 is 0.609 bits per heavy atom. The summed E-state index contributed by atoms with van der Waals surface area (Å²) in [6.07, 6.45) is 6.11. The molecule has 0 N–H and O–H groups in total. The van der Waals surface area contributed by atoms with Crippen molar-refractivity contribution in [3.05, 3.63) is 200 Å². The van der Waals surface area contributed by atoms with Crippen molar-refractivity contribution in [2.45, 2.75) is 52.4 Å². The molecule has 3 aromatic heterocycles. The Hall–Kier alpha value is -6.43. The van der Waals surface area contributed by atoms with E-state index in [9.17, 15) is 0 Å². The first-order valence-corrected chi connectivity index (χ1v) is 21.8. The Kier molecular flexibility index (Phi) is 11.3. The summed E-state index contributed by atoms with van der Waals surface area (Å²) in [5.74, 6) is 0.870. The molecule has 320 valence electrons. The topological polar surface area (TPSA) is 42.1 Å². The Labute approximate surface area is 392 Å². The number of para-hydroxylation sites is 2. The standard InChI is InChI=1S/C56H50BN6.Pt/c1-55(2,3)41-29-30-58-51(35-41)62-49-26-18-17-25-47(49)48-28-27-43(37-50(48)62)57(44-33-42(56(4,5)6)34-46(36-44)61-32-31-60(7)38-61)52-53(39-19-11-8-12-20-39)59-63(45-23-15-10-16-24-45)54(52)40-21-13-9-14-22-40;/h8-35,38H,1-7H3;/q-3;. The zero-order valence-electron chi connectivity index (χ0n) is 37.3. The van der Waals surface area contributed by atoms with E-state index >= 15 is 0 Å². The Balaban J connectivity index is 0.00000518. The van der Waals surface area contributed by atoms with Crippen molar-refractivity contribution in [2.75, 3.05) is 11.9 Å². The van der Waals surface area contributed by atoms with Crippen LogP contribution in [0.3, 0.4) is 0 Å². The number of benzene rings is 6. The molecule has 1 aliphatic heterocycles. The van der Waals surface area contributed by atoms with Crippen LogP contribution in [0.25, 0.3) is 55.8 Å². The normalized spacial score (nSPS) is 12.9. The summed E-state index contributed by atoms with van der Waals surface area (Å²) < 4.78 is 4.43. The number of fused-ring (bicyclic) bond motifs is 3. The summed E-state index contributed by atoms with van der Waals surface area (Å²) in [4.78, 5) is 9.27. The Morgan fingerprint density at radius 2 is 1.27 bits per heavy atom. The fraction of sp³-hybridized carbons (Fsp3) is 0.161. The van der Waals surface area contributed by atoms with Crippen LogP contribution < -0.4 is 21.3 Å². The van der Waals surface area contributed by atoms with E-state index in [2.05, 4.69) is 250 Å². The summed E-state index contributed by atoms with van der Waals surface area (Å²) in [5.41, 5.74) is 13.4. The van der Waals surface area contributed by atoms with Gasteiger partial charge in [0.1, 0.15) is 5.82 Å². The summed E-state index contributed by atoms with van der Waals surface area (Å²) in [5, 5.41) is 7.89. The molecule has 9 aromatic rings. The van der Waals surface area contributed by atoms with Gasteiger partial charge in [0.05, 0.1) is 17.1 Å². The second kappa shape index (κ2) is 16.9. The summed E-state index contributed by atoms with van der Waals surface area (Å²) in [7, 11) is 2.05. The van der Waals surface area contributed by atoms with E-state index in [1.54, 1.807) is 0 Å². The molecule has 0 saturated carbocycles. The number of rotatable bonds is 8. The van der Waals surface area contributed by atoms with Gasteiger partial charge in [0.25, 0.3) is 0 Å². The first-order valence-electron chi connectivity index (χ1n) is 21.8. The van der Waals surface area contributed by atoms with Gasteiger partial charge in [0.2, 0.25) is 0 Å². The number of hydrogen-bond donors (Lipinski definition) is 0. The van der Waals surface area contributed by atoms with E-state index in [1.165, 1.54) is 11.1 Å². The van der Waals surface area contributed by atoms with E-state index in [-0.39, 0.29) is 38.6 Å². The van der Waals surface area contributed by atoms with Gasteiger partial charge in [-0.25, -0.2) is 9.67 Å². The predicted octanol–water partition coefficient (Wildman–Crippen LogP) is 10.7. The van der Waals surface area contributed by atoms with E-state index in [0.717, 1.165) is 77.9 Å². The first kappa shape index (κ1) is 42.9. The molecular weight excluding hydrogens is 963 g/mol. The zero-order valence-corrected chi connectivity index (χ0v) is 39.6. The summed E-state index contributed by atoms with van der Waals surface area (Å²) in [6, 6.07) is 62.2. The van der Waals surface area contributed by atoms with Crippen molar-refractivity contribution in [1.29, 1.82) is 0 Å². The van der Waals surface area contributed by atoms with Crippen LogP contribution in [0.5, 0.6) is 0 Å². The maximum atomic E-state index is 5.61. The van der Waals surface area contributed by atoms with Gasteiger partial charge in [-0.3, -0.25) is 0 Å². The molecule has 0 spiro atoms. The minimum absolute atomic E-state index is 0. The summed E-state index contributed by atoms with van der Waals surface area (Å²) >= 11 is 0. The van der Waals surface area contributed by atoms with Crippen LogP contribution in [0.4, 0.5) is 5.69 Å². The SMILES string of the molecule is CN1C=CN(c2[c-]c(B(c3[c-]c4c(cc3)c3ccccc3n4-c3cc(C(C)(C)C)ccn3)c3c(-c4ccccc4)nn(-c4ccccc4)c3-c3ccccc3)cc(C(C)(C)C)c2)[CH-]1.[Pt]. The van der Waals surface area contributed by atoms with Crippen molar-refractivity contribution in [3.8, 4) is 34.0 Å². The largest absolute Gasteiger partial charge is 0.510 e. The van der Waals surface area contributed by atoms with Crippen molar-refractivity contribution in [3.63, 3.8) is 0 Å². The fourth-order valence-electron chi connectivity index (χ4n) is 8.84. The van der Waals surface area contributed by atoms with Crippen LogP contribution in [0.15, 0.2) is 170 Å². The van der Waals surface area contributed by atoms with Gasteiger partial charge >= 0.3 is 0 Å². The van der Waals surface area contributed by atoms with Crippen molar-refractivity contribution in [1.82, 2.24) is 24.2 Å². The second-order valence-corrected chi connectivity index (χ2v) is 18.7. The van der Waals surface area contributed by atoms with Gasteiger partial charge in [0, 0.05) is 38.3 Å². The number of pyridine rings is 1. The molecule has 0 atom stereocenters. The number of aromatic nitrogens is 4. The van der Waals surface area contributed by atoms with E-state index in [1.807, 2.05) is 6.20 Å². The number of hydrogen-bond acceptors (Lipinski definition) is 4. The maximum absolute atomic E-state index is 5.61. The van der Waals surface area contributed by atoms with Gasteiger partial charge in [-0.1, -0.05) is 144 Å². The molecule has 0 amide bonds. The van der Waals surface area contributed by atoms with Gasteiger partial charge in [-0.2, -0.15) is 58.6 Å². The monoisotopic (exact) mass is 1010 g/mol. The molecule has 0 saturated heterocycles. The van der Waals surface area contributed by atoms with Crippen LogP contribution >= 0.6 is 0 Å². The zero-order chi connectivity index (χ0) is 43.5. The fourth-order valence-corrected chi connectivity index (χ4v) is 8.84. The van der Waals surface area contributed by atoms with Crippen molar-refractivity contribution < 1.29 is 21.1 Å². The van der Waals surface area contributed by atoms with Crippen LogP contribution in [0.2, 0.25) is 0 Å². The smallest absolute Gasteiger partial charge is 0.197 e. The minimum Gasteiger partial charge on any atom is -0.510 e. The molecule has 0 unspecified atom stereocenters. The van der Waals surface area contributed by atoms with Gasteiger partial charge in [-0.05, 0) is 82.6 Å². The quantitative estimate of drug-likeness (QED) is 0.112. The third kappa shape index (κ3) is 7.92. The molecule has 0 fully saturated rings. The number of nitrogens with zero attached hydrogens (tertiary/aromatic N) is 6. The first-order chi connectivity index (χ1) is 30.4. The van der Waals surface area contributed by atoms with Crippen molar-refractivity contribution in [2.24, 2.45) is 0 Å². The molecule has 1 aliphatic rings. The predicted molar refractivity (Wildman–Crippen MR) is 263 cm³/mol. The van der Waals surface area contributed by atoms with Crippen LogP contribution in [-0.4, -0.2) is 38.0 Å². The van der Waals surface area contributed by atoms with E-state index in [4.69, 9.17) is 10.1 Å². The Morgan fingerprint density at radius 3 is 1.94 bits per heavy atom. The van der Waals surface area contributed by atoms with Crippen molar-refractivity contribution >= 4 is 50.6 Å². The average molecular weight is 1010 g/mol. The molecule has 0 radical (unpaired) electrons. The summed E-state index contributed by atoms with van der Waals surface area (Å²) in [6.45, 7) is 15.3. The van der Waals surface area contributed by atoms with Gasteiger partial charge in [-0.15, -0.1) is 17.1 Å². The second-order valence-electron chi connectivity index (χ2n) is 18.7. The molecule has 8 heteroatoms. The minimum atomic E-state index is -0.372. The molecule has 0 bridgehead atoms.